The molecule has 2 N–H and O–H groups in total. The average Bonchev–Trinajstić information content (AvgIpc) is 3.00. The molecule has 0 bridgehead atoms. The van der Waals surface area contributed by atoms with Crippen LogP contribution in [0.1, 0.15) is 70.6 Å². The third-order valence-corrected chi connectivity index (χ3v) is 5.04. The van der Waals surface area contributed by atoms with E-state index in [-0.39, 0.29) is 23.9 Å². The molecule has 0 unspecified atom stereocenters. The van der Waals surface area contributed by atoms with E-state index in [9.17, 15) is 19.2 Å². The Morgan fingerprint density at radius 2 is 1.11 bits per heavy atom. The lowest BCUT2D eigenvalue weighted by molar-refractivity contribution is -0.128. The summed E-state index contributed by atoms with van der Waals surface area (Å²) in [6, 6.07) is -0.593. The van der Waals surface area contributed by atoms with Gasteiger partial charge in [0.05, 0.1) is 0 Å². The minimum absolute atomic E-state index is 0.0872. The van der Waals surface area contributed by atoms with Crippen LogP contribution in [0, 0.1) is 0 Å². The first-order valence-electron chi connectivity index (χ1n) is 10.3. The molecule has 2 fully saturated rings. The number of imide groups is 2. The SMILES string of the molecule is O=C1CCCCCN1C(=O)NCCCCCNC(=O)N1CCCCCC1=O. The van der Waals surface area contributed by atoms with Crippen LogP contribution in [-0.4, -0.2) is 59.9 Å². The number of amides is 6. The molecule has 6 amide bonds. The number of unbranched alkanes of at least 4 members (excludes halogenated alkanes) is 2. The fourth-order valence-electron chi connectivity index (χ4n) is 3.40. The Morgan fingerprint density at radius 3 is 1.56 bits per heavy atom. The number of nitrogens with one attached hydrogen (secondary N) is 2. The molecule has 0 aromatic rings. The number of carbonyl (C=O) groups excluding carboxylic acids is 4. The molecule has 0 aliphatic carbocycles. The lowest BCUT2D eigenvalue weighted by atomic mass is 10.2. The molecular formula is C19H32N4O4. The third-order valence-electron chi connectivity index (χ3n) is 5.04. The summed E-state index contributed by atoms with van der Waals surface area (Å²) in [5.74, 6) is -0.174. The van der Waals surface area contributed by atoms with Gasteiger partial charge in [-0.1, -0.05) is 12.8 Å². The maximum Gasteiger partial charge on any atom is 0.324 e. The zero-order chi connectivity index (χ0) is 19.5. The van der Waals surface area contributed by atoms with Crippen molar-refractivity contribution < 1.29 is 19.2 Å². The number of nitrogens with zero attached hydrogens (tertiary/aromatic N) is 2. The van der Waals surface area contributed by atoms with Crippen LogP contribution in [0.2, 0.25) is 0 Å². The molecule has 2 heterocycles. The predicted molar refractivity (Wildman–Crippen MR) is 101 cm³/mol. The van der Waals surface area contributed by atoms with E-state index < -0.39 is 0 Å². The largest absolute Gasteiger partial charge is 0.338 e. The molecular weight excluding hydrogens is 348 g/mol. The van der Waals surface area contributed by atoms with Gasteiger partial charge in [-0.2, -0.15) is 0 Å². The van der Waals surface area contributed by atoms with Crippen LogP contribution < -0.4 is 10.6 Å². The Labute approximate surface area is 161 Å². The Morgan fingerprint density at radius 1 is 0.667 bits per heavy atom. The van der Waals surface area contributed by atoms with E-state index in [1.807, 2.05) is 0 Å². The molecule has 2 aliphatic heterocycles. The summed E-state index contributed by atoms with van der Waals surface area (Å²) < 4.78 is 0. The summed E-state index contributed by atoms with van der Waals surface area (Å²) in [7, 11) is 0. The van der Waals surface area contributed by atoms with Crippen molar-refractivity contribution in [1.29, 1.82) is 0 Å². The van der Waals surface area contributed by atoms with Gasteiger partial charge in [-0.05, 0) is 44.9 Å². The molecule has 2 aliphatic rings. The second kappa shape index (κ2) is 11.6. The summed E-state index contributed by atoms with van der Waals surface area (Å²) in [5, 5.41) is 5.60. The van der Waals surface area contributed by atoms with Crippen LogP contribution in [0.15, 0.2) is 0 Å². The topological polar surface area (TPSA) is 98.8 Å². The van der Waals surface area contributed by atoms with Crippen LogP contribution >= 0.6 is 0 Å². The third kappa shape index (κ3) is 7.19. The molecule has 0 atom stereocenters. The highest BCUT2D eigenvalue weighted by atomic mass is 16.2. The van der Waals surface area contributed by atoms with E-state index in [1.165, 1.54) is 9.80 Å². The van der Waals surface area contributed by atoms with Gasteiger partial charge in [0.15, 0.2) is 0 Å². The molecule has 27 heavy (non-hydrogen) atoms. The number of carbonyl (C=O) groups is 4. The van der Waals surface area contributed by atoms with Crippen molar-refractivity contribution in [3.63, 3.8) is 0 Å². The van der Waals surface area contributed by atoms with Gasteiger partial charge in [-0.3, -0.25) is 19.4 Å². The number of likely N-dealkylation sites (tertiary alicyclic amines) is 2. The van der Waals surface area contributed by atoms with Crippen molar-refractivity contribution >= 4 is 23.9 Å². The highest BCUT2D eigenvalue weighted by Crippen LogP contribution is 2.12. The van der Waals surface area contributed by atoms with Crippen LogP contribution in [0.4, 0.5) is 9.59 Å². The minimum atomic E-state index is -0.296. The molecule has 2 rings (SSSR count). The molecule has 8 heteroatoms. The van der Waals surface area contributed by atoms with Crippen LogP contribution in [-0.2, 0) is 9.59 Å². The van der Waals surface area contributed by atoms with Gasteiger partial charge in [0, 0.05) is 39.0 Å². The molecule has 0 aromatic carbocycles. The molecule has 152 valence electrons. The highest BCUT2D eigenvalue weighted by molar-refractivity contribution is 5.95. The Bertz CT molecular complexity index is 492. The van der Waals surface area contributed by atoms with Gasteiger partial charge in [0.2, 0.25) is 11.8 Å². The first-order chi connectivity index (χ1) is 13.1. The quantitative estimate of drug-likeness (QED) is 0.691. The number of rotatable bonds is 6. The fraction of sp³-hybridized carbons (Fsp3) is 0.789. The van der Waals surface area contributed by atoms with Gasteiger partial charge in [-0.15, -0.1) is 0 Å². The monoisotopic (exact) mass is 380 g/mol. The Kier molecular flexibility index (Phi) is 9.07. The van der Waals surface area contributed by atoms with Crippen molar-refractivity contribution in [2.45, 2.75) is 70.6 Å². The predicted octanol–water partition coefficient (Wildman–Crippen LogP) is 2.38. The summed E-state index contributed by atoms with van der Waals surface area (Å²) in [5.41, 5.74) is 0. The van der Waals surface area contributed by atoms with Crippen LogP contribution in [0.3, 0.4) is 0 Å². The van der Waals surface area contributed by atoms with E-state index in [2.05, 4.69) is 10.6 Å². The summed E-state index contributed by atoms with van der Waals surface area (Å²) in [4.78, 5) is 50.5. The van der Waals surface area contributed by atoms with E-state index >= 15 is 0 Å². The molecule has 8 nitrogen and oxygen atoms in total. The van der Waals surface area contributed by atoms with Crippen molar-refractivity contribution in [3.05, 3.63) is 0 Å². The van der Waals surface area contributed by atoms with Gasteiger partial charge < -0.3 is 10.6 Å². The second-order valence-corrected chi connectivity index (χ2v) is 7.24. The van der Waals surface area contributed by atoms with E-state index in [0.29, 0.717) is 39.0 Å². The van der Waals surface area contributed by atoms with Crippen molar-refractivity contribution in [2.75, 3.05) is 26.2 Å². The van der Waals surface area contributed by atoms with Gasteiger partial charge in [0.25, 0.3) is 0 Å². The second-order valence-electron chi connectivity index (χ2n) is 7.24. The molecule has 2 saturated heterocycles. The lowest BCUT2D eigenvalue weighted by Gasteiger charge is -2.19. The Balaban J connectivity index is 1.54. The van der Waals surface area contributed by atoms with E-state index in [0.717, 1.165) is 57.8 Å². The standard InChI is InChI=1S/C19H32N4O4/c24-16-10-4-1-8-14-22(16)18(26)20-12-6-3-7-13-21-19(27)23-15-9-2-5-11-17(23)25/h1-15H2,(H,20,26)(H,21,27). The van der Waals surface area contributed by atoms with Gasteiger partial charge in [-0.25, -0.2) is 9.59 Å². The maximum absolute atomic E-state index is 12.1. The summed E-state index contributed by atoms with van der Waals surface area (Å²) in [6.45, 7) is 2.04. The fourth-order valence-corrected chi connectivity index (χ4v) is 3.40. The number of urea groups is 2. The highest BCUT2D eigenvalue weighted by Gasteiger charge is 2.23. The van der Waals surface area contributed by atoms with Crippen molar-refractivity contribution in [2.24, 2.45) is 0 Å². The van der Waals surface area contributed by atoms with Crippen LogP contribution in [0.5, 0.6) is 0 Å². The number of hydrogen-bond acceptors (Lipinski definition) is 4. The van der Waals surface area contributed by atoms with Gasteiger partial charge in [0.1, 0.15) is 0 Å². The smallest absolute Gasteiger partial charge is 0.324 e. The molecule has 0 saturated carbocycles. The van der Waals surface area contributed by atoms with Crippen LogP contribution in [0.25, 0.3) is 0 Å². The summed E-state index contributed by atoms with van der Waals surface area (Å²) in [6.07, 6.45) is 8.76. The van der Waals surface area contributed by atoms with Crippen molar-refractivity contribution in [1.82, 2.24) is 20.4 Å². The number of hydrogen-bond donors (Lipinski definition) is 2. The molecule has 0 spiro atoms. The van der Waals surface area contributed by atoms with Crippen molar-refractivity contribution in [3.8, 4) is 0 Å². The lowest BCUT2D eigenvalue weighted by Crippen LogP contribution is -2.44. The molecule has 0 radical (unpaired) electrons. The van der Waals surface area contributed by atoms with Gasteiger partial charge >= 0.3 is 12.1 Å². The Hall–Kier alpha value is -2.12. The average molecular weight is 380 g/mol. The maximum atomic E-state index is 12.1. The van der Waals surface area contributed by atoms with E-state index in [4.69, 9.17) is 0 Å². The zero-order valence-corrected chi connectivity index (χ0v) is 16.1. The zero-order valence-electron chi connectivity index (χ0n) is 16.1. The summed E-state index contributed by atoms with van der Waals surface area (Å²) >= 11 is 0. The normalized spacial score (nSPS) is 18.7. The minimum Gasteiger partial charge on any atom is -0.338 e. The first-order valence-corrected chi connectivity index (χ1v) is 10.3. The van der Waals surface area contributed by atoms with E-state index in [1.54, 1.807) is 0 Å². The first kappa shape index (κ1) is 21.2. The molecule has 0 aromatic heterocycles.